The zero-order chi connectivity index (χ0) is 26.6. The molecule has 3 aromatic carbocycles. The molecule has 0 aliphatic heterocycles. The van der Waals surface area contributed by atoms with Gasteiger partial charge < -0.3 is 14.3 Å². The summed E-state index contributed by atoms with van der Waals surface area (Å²) >= 11 is 0. The lowest BCUT2D eigenvalue weighted by atomic mass is 10.1. The molecule has 5 rings (SSSR count). The predicted octanol–water partition coefficient (Wildman–Crippen LogP) is 6.74. The number of fused-ring (bicyclic) bond motifs is 2. The first kappa shape index (κ1) is 25.1. The summed E-state index contributed by atoms with van der Waals surface area (Å²) in [6.45, 7) is 5.77. The van der Waals surface area contributed by atoms with Crippen LogP contribution in [0.1, 0.15) is 30.5 Å². The molecule has 0 atom stereocenters. The van der Waals surface area contributed by atoms with Crippen LogP contribution in [0.4, 0.5) is 11.4 Å². The van der Waals surface area contributed by atoms with Gasteiger partial charge in [0.1, 0.15) is 29.3 Å². The van der Waals surface area contributed by atoms with Crippen molar-refractivity contribution >= 4 is 45.5 Å². The number of aromatic amines is 1. The summed E-state index contributed by atoms with van der Waals surface area (Å²) < 4.78 is 5.67. The zero-order valence-electron chi connectivity index (χ0n) is 21.0. The Labute approximate surface area is 217 Å². The molecule has 5 aromatic rings. The van der Waals surface area contributed by atoms with E-state index >= 15 is 0 Å². The second-order valence-corrected chi connectivity index (χ2v) is 8.79. The monoisotopic (exact) mass is 510 g/mol. The lowest BCUT2D eigenvalue weighted by molar-refractivity contribution is -0.252. The van der Waals surface area contributed by atoms with Gasteiger partial charge in [0.25, 0.3) is 0 Å². The maximum atomic E-state index is 12.9. The Hall–Kier alpha value is -4.60. The standard InChI is InChI=1S/C29H26N4O5/c1-3-33(4-2)22-10-9-20-15-23(29(34)38-27(20)16-22)28-30-25-12-8-19(14-26(25)31-28)6-5-18-7-11-24(32-35)21(13-18)17-37-36/h5-16,36H,3-4,17H2,1-2H3,(H,30,31)/b6-5+. The van der Waals surface area contributed by atoms with Gasteiger partial charge in [-0.15, -0.1) is 4.91 Å². The summed E-state index contributed by atoms with van der Waals surface area (Å²) in [6.07, 6.45) is 3.78. The van der Waals surface area contributed by atoms with Gasteiger partial charge in [0.05, 0.1) is 11.0 Å². The number of nitroso groups, excluding NO2 is 1. The molecule has 2 aromatic heterocycles. The van der Waals surface area contributed by atoms with Gasteiger partial charge in [-0.25, -0.2) is 14.7 Å². The largest absolute Gasteiger partial charge is 0.422 e. The third kappa shape index (κ3) is 4.97. The molecule has 0 fully saturated rings. The Morgan fingerprint density at radius 3 is 2.53 bits per heavy atom. The number of anilines is 1. The summed E-state index contributed by atoms with van der Waals surface area (Å²) in [6, 6.07) is 18.5. The van der Waals surface area contributed by atoms with Crippen LogP contribution in [0.3, 0.4) is 0 Å². The van der Waals surface area contributed by atoms with Crippen LogP contribution in [0.25, 0.3) is 45.5 Å². The lowest BCUT2D eigenvalue weighted by Gasteiger charge is -2.20. The highest BCUT2D eigenvalue weighted by Gasteiger charge is 2.14. The second kappa shape index (κ2) is 10.8. The number of H-pyrrole nitrogens is 1. The summed E-state index contributed by atoms with van der Waals surface area (Å²) in [5.41, 5.74) is 5.36. The van der Waals surface area contributed by atoms with Crippen LogP contribution in [0.5, 0.6) is 0 Å². The van der Waals surface area contributed by atoms with E-state index in [1.807, 2.05) is 48.6 Å². The Balaban J connectivity index is 1.44. The number of nitrogens with one attached hydrogen (secondary N) is 1. The van der Waals surface area contributed by atoms with Crippen molar-refractivity contribution in [3.8, 4) is 11.4 Å². The lowest BCUT2D eigenvalue weighted by Crippen LogP contribution is -2.21. The van der Waals surface area contributed by atoms with E-state index in [1.54, 1.807) is 24.3 Å². The molecular weight excluding hydrogens is 484 g/mol. The maximum absolute atomic E-state index is 12.9. The van der Waals surface area contributed by atoms with Crippen molar-refractivity contribution in [3.63, 3.8) is 0 Å². The van der Waals surface area contributed by atoms with Crippen LogP contribution in [0.2, 0.25) is 0 Å². The molecule has 2 heterocycles. The van der Waals surface area contributed by atoms with E-state index in [-0.39, 0.29) is 12.3 Å². The van der Waals surface area contributed by atoms with E-state index in [1.165, 1.54) is 0 Å². The van der Waals surface area contributed by atoms with Gasteiger partial charge in [-0.1, -0.05) is 24.3 Å². The molecule has 0 radical (unpaired) electrons. The van der Waals surface area contributed by atoms with Gasteiger partial charge in [0.2, 0.25) is 0 Å². The van der Waals surface area contributed by atoms with E-state index in [4.69, 9.17) is 9.67 Å². The molecule has 0 saturated heterocycles. The summed E-state index contributed by atoms with van der Waals surface area (Å²) in [4.78, 5) is 38.0. The summed E-state index contributed by atoms with van der Waals surface area (Å²) in [7, 11) is 0. The molecule has 2 N–H and O–H groups in total. The highest BCUT2D eigenvalue weighted by atomic mass is 17.1. The van der Waals surface area contributed by atoms with E-state index in [9.17, 15) is 9.70 Å². The molecule has 0 amide bonds. The smallest absolute Gasteiger partial charge is 0.347 e. The second-order valence-electron chi connectivity index (χ2n) is 8.79. The Morgan fingerprint density at radius 1 is 1.03 bits per heavy atom. The molecule has 0 spiro atoms. The summed E-state index contributed by atoms with van der Waals surface area (Å²) in [5.74, 6) is 0.440. The first-order valence-corrected chi connectivity index (χ1v) is 12.3. The van der Waals surface area contributed by atoms with Gasteiger partial charge in [-0.2, -0.15) is 0 Å². The van der Waals surface area contributed by atoms with Crippen molar-refractivity contribution in [1.29, 1.82) is 0 Å². The van der Waals surface area contributed by atoms with Crippen LogP contribution < -0.4 is 10.5 Å². The number of imidazole rings is 1. The molecule has 9 heteroatoms. The van der Waals surface area contributed by atoms with Crippen molar-refractivity contribution in [1.82, 2.24) is 9.97 Å². The minimum atomic E-state index is -0.454. The number of benzene rings is 3. The van der Waals surface area contributed by atoms with Crippen molar-refractivity contribution in [2.24, 2.45) is 5.18 Å². The minimum Gasteiger partial charge on any atom is -0.422 e. The molecular formula is C29H26N4O5. The van der Waals surface area contributed by atoms with E-state index in [2.05, 4.69) is 38.8 Å². The third-order valence-corrected chi connectivity index (χ3v) is 6.50. The number of aromatic nitrogens is 2. The van der Waals surface area contributed by atoms with Gasteiger partial charge in [-0.05, 0) is 72.6 Å². The first-order valence-electron chi connectivity index (χ1n) is 12.3. The molecule has 192 valence electrons. The fourth-order valence-corrected chi connectivity index (χ4v) is 4.48. The zero-order valence-corrected chi connectivity index (χ0v) is 21.0. The normalized spacial score (nSPS) is 11.6. The maximum Gasteiger partial charge on any atom is 0.347 e. The van der Waals surface area contributed by atoms with Crippen LogP contribution in [-0.4, -0.2) is 28.3 Å². The van der Waals surface area contributed by atoms with Crippen LogP contribution in [0.15, 0.2) is 75.1 Å². The van der Waals surface area contributed by atoms with E-state index in [0.717, 1.165) is 46.3 Å². The fraction of sp³-hybridized carbons (Fsp3) is 0.172. The molecule has 0 bridgehead atoms. The van der Waals surface area contributed by atoms with Gasteiger partial charge in [0, 0.05) is 35.8 Å². The number of hydrogen-bond acceptors (Lipinski definition) is 8. The van der Waals surface area contributed by atoms with Crippen LogP contribution in [-0.2, 0) is 11.5 Å². The molecule has 38 heavy (non-hydrogen) atoms. The highest BCUT2D eigenvalue weighted by Crippen LogP contribution is 2.27. The third-order valence-electron chi connectivity index (χ3n) is 6.50. The van der Waals surface area contributed by atoms with Crippen molar-refractivity contribution in [3.05, 3.63) is 92.7 Å². The SMILES string of the molecule is CCN(CC)c1ccc2cc(-c3nc4ccc(/C=C/c5ccc(N=O)c(COO)c5)cc4[nH]3)c(=O)oc2c1. The molecule has 9 nitrogen and oxygen atoms in total. The first-order chi connectivity index (χ1) is 18.5. The average molecular weight is 511 g/mol. The Morgan fingerprint density at radius 2 is 1.79 bits per heavy atom. The number of rotatable bonds is 9. The van der Waals surface area contributed by atoms with Crippen LogP contribution >= 0.6 is 0 Å². The average Bonchev–Trinajstić information content (AvgIpc) is 3.35. The summed E-state index contributed by atoms with van der Waals surface area (Å²) in [5, 5.41) is 12.5. The molecule has 0 aliphatic rings. The molecule has 0 unspecified atom stereocenters. The predicted molar refractivity (Wildman–Crippen MR) is 149 cm³/mol. The Kier molecular flexibility index (Phi) is 7.12. The quantitative estimate of drug-likeness (QED) is 0.0740. The van der Waals surface area contributed by atoms with Crippen molar-refractivity contribution in [2.75, 3.05) is 18.0 Å². The van der Waals surface area contributed by atoms with Crippen molar-refractivity contribution in [2.45, 2.75) is 20.5 Å². The number of hydrogen-bond donors (Lipinski definition) is 2. The highest BCUT2D eigenvalue weighted by molar-refractivity contribution is 5.87. The topological polar surface area (TPSA) is 121 Å². The minimum absolute atomic E-state index is 0.133. The number of nitrogens with zero attached hydrogens (tertiary/aromatic N) is 3. The molecule has 0 saturated carbocycles. The van der Waals surface area contributed by atoms with E-state index in [0.29, 0.717) is 22.5 Å². The van der Waals surface area contributed by atoms with Gasteiger partial charge >= 0.3 is 5.63 Å². The van der Waals surface area contributed by atoms with Crippen molar-refractivity contribution < 1.29 is 14.6 Å². The van der Waals surface area contributed by atoms with E-state index < -0.39 is 5.63 Å². The molecule has 0 aliphatic carbocycles. The fourth-order valence-electron chi connectivity index (χ4n) is 4.48. The van der Waals surface area contributed by atoms with Crippen LogP contribution in [0, 0.1) is 4.91 Å². The van der Waals surface area contributed by atoms with Gasteiger partial charge in [0.15, 0.2) is 0 Å². The van der Waals surface area contributed by atoms with Gasteiger partial charge in [-0.3, -0.25) is 5.26 Å². The Bertz CT molecular complexity index is 1720.